The van der Waals surface area contributed by atoms with Crippen LogP contribution in [-0.2, 0) is 10.0 Å². The third-order valence-electron chi connectivity index (χ3n) is 3.71. The van der Waals surface area contributed by atoms with Crippen molar-refractivity contribution >= 4 is 33.2 Å². The van der Waals surface area contributed by atoms with Gasteiger partial charge in [-0.15, -0.1) is 0 Å². The lowest BCUT2D eigenvalue weighted by molar-refractivity contribution is 0.102. The van der Waals surface area contributed by atoms with Gasteiger partial charge in [0, 0.05) is 29.4 Å². The lowest BCUT2D eigenvalue weighted by Gasteiger charge is -2.12. The summed E-state index contributed by atoms with van der Waals surface area (Å²) in [6.45, 7) is 2.75. The number of sulfonamides is 1. The Kier molecular flexibility index (Phi) is 6.77. The second-order valence-electron chi connectivity index (χ2n) is 6.14. The predicted molar refractivity (Wildman–Crippen MR) is 104 cm³/mol. The molecule has 2 aromatic carbocycles. The van der Waals surface area contributed by atoms with Crippen LogP contribution >= 0.6 is 11.6 Å². The summed E-state index contributed by atoms with van der Waals surface area (Å²) in [5.74, 6) is -0.320. The van der Waals surface area contributed by atoms with Gasteiger partial charge in [-0.2, -0.15) is 0 Å². The van der Waals surface area contributed by atoms with Gasteiger partial charge in [0.15, 0.2) is 0 Å². The molecule has 0 saturated carbocycles. The van der Waals surface area contributed by atoms with E-state index < -0.39 is 10.0 Å². The van der Waals surface area contributed by atoms with Crippen molar-refractivity contribution in [1.29, 1.82) is 0 Å². The van der Waals surface area contributed by atoms with E-state index in [0.29, 0.717) is 29.4 Å². The first-order valence-electron chi connectivity index (χ1n) is 8.01. The maximum absolute atomic E-state index is 12.3. The molecule has 140 valence electrons. The SMILES string of the molecule is Cc1cc(Cl)ccc1NC(=O)c1ccc(S(=O)(=O)NCCN(C)C)cc1. The number of aryl methyl sites for hydroxylation is 1. The molecular formula is C18H22ClN3O3S. The van der Waals surface area contributed by atoms with Crippen LogP contribution in [0, 0.1) is 6.92 Å². The standard InChI is InChI=1S/C18H22ClN3O3S/c1-13-12-15(19)6-9-17(13)21-18(23)14-4-7-16(8-5-14)26(24,25)20-10-11-22(2)3/h4-9,12,20H,10-11H2,1-3H3,(H,21,23). The Morgan fingerprint density at radius 2 is 1.77 bits per heavy atom. The van der Waals surface area contributed by atoms with Gasteiger partial charge in [-0.3, -0.25) is 4.79 Å². The van der Waals surface area contributed by atoms with Gasteiger partial charge in [0.2, 0.25) is 10.0 Å². The van der Waals surface area contributed by atoms with E-state index in [9.17, 15) is 13.2 Å². The molecule has 0 aliphatic rings. The molecule has 0 fully saturated rings. The first-order valence-corrected chi connectivity index (χ1v) is 9.87. The van der Waals surface area contributed by atoms with Gasteiger partial charge in [0.05, 0.1) is 4.90 Å². The zero-order valence-electron chi connectivity index (χ0n) is 14.9. The summed E-state index contributed by atoms with van der Waals surface area (Å²) in [5.41, 5.74) is 1.86. The number of hydrogen-bond donors (Lipinski definition) is 2. The van der Waals surface area contributed by atoms with Crippen molar-refractivity contribution in [2.24, 2.45) is 0 Å². The summed E-state index contributed by atoms with van der Waals surface area (Å²) < 4.78 is 27.0. The average Bonchev–Trinajstić information content (AvgIpc) is 2.57. The van der Waals surface area contributed by atoms with Gasteiger partial charge in [-0.05, 0) is 69.0 Å². The number of nitrogens with one attached hydrogen (secondary N) is 2. The molecule has 26 heavy (non-hydrogen) atoms. The third-order valence-corrected chi connectivity index (χ3v) is 5.43. The minimum Gasteiger partial charge on any atom is -0.322 e. The zero-order chi connectivity index (χ0) is 19.3. The molecule has 0 spiro atoms. The van der Waals surface area contributed by atoms with Crippen molar-refractivity contribution in [1.82, 2.24) is 9.62 Å². The maximum atomic E-state index is 12.3. The molecule has 0 aromatic heterocycles. The molecular weight excluding hydrogens is 374 g/mol. The highest BCUT2D eigenvalue weighted by Gasteiger charge is 2.15. The molecule has 2 rings (SSSR count). The average molecular weight is 396 g/mol. The Hall–Kier alpha value is -1.93. The Bertz CT molecular complexity index is 881. The molecule has 6 nitrogen and oxygen atoms in total. The van der Waals surface area contributed by atoms with Crippen LogP contribution in [-0.4, -0.2) is 46.4 Å². The Morgan fingerprint density at radius 3 is 2.35 bits per heavy atom. The number of anilines is 1. The number of benzene rings is 2. The van der Waals surface area contributed by atoms with E-state index in [4.69, 9.17) is 11.6 Å². The van der Waals surface area contributed by atoms with Crippen LogP contribution in [0.25, 0.3) is 0 Å². The molecule has 0 atom stereocenters. The van der Waals surface area contributed by atoms with Crippen LogP contribution < -0.4 is 10.0 Å². The van der Waals surface area contributed by atoms with Crippen LogP contribution in [0.5, 0.6) is 0 Å². The van der Waals surface area contributed by atoms with Crippen molar-refractivity contribution in [2.45, 2.75) is 11.8 Å². The number of nitrogens with zero attached hydrogens (tertiary/aromatic N) is 1. The second kappa shape index (κ2) is 8.64. The highest BCUT2D eigenvalue weighted by Crippen LogP contribution is 2.20. The zero-order valence-corrected chi connectivity index (χ0v) is 16.5. The predicted octanol–water partition coefficient (Wildman–Crippen LogP) is 2.74. The van der Waals surface area contributed by atoms with Gasteiger partial charge in [0.1, 0.15) is 0 Å². The Balaban J connectivity index is 2.07. The minimum atomic E-state index is -3.59. The van der Waals surface area contributed by atoms with Crippen molar-refractivity contribution in [3.8, 4) is 0 Å². The van der Waals surface area contributed by atoms with Crippen molar-refractivity contribution < 1.29 is 13.2 Å². The maximum Gasteiger partial charge on any atom is 0.255 e. The number of carbonyl (C=O) groups is 1. The molecule has 1 amide bonds. The quantitative estimate of drug-likeness (QED) is 0.755. The normalized spacial score (nSPS) is 11.6. The van der Waals surface area contributed by atoms with Crippen LogP contribution in [0.4, 0.5) is 5.69 Å². The summed E-state index contributed by atoms with van der Waals surface area (Å²) in [5, 5.41) is 3.38. The number of likely N-dealkylation sites (N-methyl/N-ethyl adjacent to an activating group) is 1. The Labute approximate surface area is 159 Å². The van der Waals surface area contributed by atoms with E-state index in [-0.39, 0.29) is 10.8 Å². The van der Waals surface area contributed by atoms with Crippen molar-refractivity contribution in [3.05, 3.63) is 58.6 Å². The molecule has 0 aliphatic heterocycles. The second-order valence-corrected chi connectivity index (χ2v) is 8.34. The number of amides is 1. The fraction of sp³-hybridized carbons (Fsp3) is 0.278. The first-order chi connectivity index (χ1) is 12.2. The molecule has 0 bridgehead atoms. The highest BCUT2D eigenvalue weighted by molar-refractivity contribution is 7.89. The molecule has 0 aliphatic carbocycles. The van der Waals surface area contributed by atoms with Crippen LogP contribution in [0.1, 0.15) is 15.9 Å². The summed E-state index contributed by atoms with van der Waals surface area (Å²) in [4.78, 5) is 14.3. The topological polar surface area (TPSA) is 78.5 Å². The fourth-order valence-electron chi connectivity index (χ4n) is 2.23. The van der Waals surface area contributed by atoms with Crippen LogP contribution in [0.2, 0.25) is 5.02 Å². The molecule has 8 heteroatoms. The molecule has 0 heterocycles. The van der Waals surface area contributed by atoms with E-state index in [1.54, 1.807) is 18.2 Å². The number of hydrogen-bond acceptors (Lipinski definition) is 4. The lowest BCUT2D eigenvalue weighted by atomic mass is 10.1. The molecule has 0 radical (unpaired) electrons. The van der Waals surface area contributed by atoms with Gasteiger partial charge >= 0.3 is 0 Å². The van der Waals surface area contributed by atoms with Crippen molar-refractivity contribution in [2.75, 3.05) is 32.5 Å². The van der Waals surface area contributed by atoms with E-state index in [0.717, 1.165) is 5.56 Å². The van der Waals surface area contributed by atoms with E-state index in [1.165, 1.54) is 24.3 Å². The van der Waals surface area contributed by atoms with Gasteiger partial charge in [-0.1, -0.05) is 11.6 Å². The number of halogens is 1. The van der Waals surface area contributed by atoms with Gasteiger partial charge in [0.25, 0.3) is 5.91 Å². The summed E-state index contributed by atoms with van der Waals surface area (Å²) >= 11 is 5.91. The van der Waals surface area contributed by atoms with E-state index >= 15 is 0 Å². The fourth-order valence-corrected chi connectivity index (χ4v) is 3.48. The molecule has 0 saturated heterocycles. The molecule has 2 aromatic rings. The Morgan fingerprint density at radius 1 is 1.12 bits per heavy atom. The van der Waals surface area contributed by atoms with Crippen molar-refractivity contribution in [3.63, 3.8) is 0 Å². The minimum absolute atomic E-state index is 0.121. The lowest BCUT2D eigenvalue weighted by Crippen LogP contribution is -2.31. The highest BCUT2D eigenvalue weighted by atomic mass is 35.5. The third kappa shape index (κ3) is 5.54. The number of rotatable bonds is 7. The van der Waals surface area contributed by atoms with Gasteiger partial charge in [-0.25, -0.2) is 13.1 Å². The van der Waals surface area contributed by atoms with E-state index in [1.807, 2.05) is 25.9 Å². The number of carbonyl (C=O) groups excluding carboxylic acids is 1. The molecule has 2 N–H and O–H groups in total. The summed E-state index contributed by atoms with van der Waals surface area (Å²) in [6.07, 6.45) is 0. The van der Waals surface area contributed by atoms with Crippen LogP contribution in [0.3, 0.4) is 0 Å². The smallest absolute Gasteiger partial charge is 0.255 e. The van der Waals surface area contributed by atoms with Gasteiger partial charge < -0.3 is 10.2 Å². The van der Waals surface area contributed by atoms with Crippen LogP contribution in [0.15, 0.2) is 47.4 Å². The molecule has 0 unspecified atom stereocenters. The van der Waals surface area contributed by atoms with E-state index in [2.05, 4.69) is 10.0 Å². The summed E-state index contributed by atoms with van der Waals surface area (Å²) in [6, 6.07) is 11.0. The monoisotopic (exact) mass is 395 g/mol. The first kappa shape index (κ1) is 20.4. The summed E-state index contributed by atoms with van der Waals surface area (Å²) in [7, 11) is 0.139. The largest absolute Gasteiger partial charge is 0.322 e.